The Hall–Kier alpha value is -1.25. The molecule has 1 aliphatic heterocycles. The fraction of sp³-hybridized carbons (Fsp3) is 0.444. The number of hydrogen-bond donors (Lipinski definition) is 2. The highest BCUT2D eigenvalue weighted by atomic mass is 16.1. The summed E-state index contributed by atoms with van der Waals surface area (Å²) in [4.78, 5) is 14.5. The number of amides is 1. The van der Waals surface area contributed by atoms with Crippen molar-refractivity contribution < 1.29 is 4.79 Å². The zero-order valence-electron chi connectivity index (χ0n) is 7.11. The molecule has 0 bridgehead atoms. The summed E-state index contributed by atoms with van der Waals surface area (Å²) in [7, 11) is 0. The Balaban J connectivity index is 2.44. The van der Waals surface area contributed by atoms with Gasteiger partial charge in [-0.25, -0.2) is 0 Å². The summed E-state index contributed by atoms with van der Waals surface area (Å²) < 4.78 is 0. The first-order valence-electron chi connectivity index (χ1n) is 4.24. The van der Waals surface area contributed by atoms with Crippen molar-refractivity contribution in [2.45, 2.75) is 19.8 Å². The molecule has 1 amide bonds. The molecule has 0 aliphatic carbocycles. The Kier molecular flexibility index (Phi) is 1.64. The van der Waals surface area contributed by atoms with E-state index in [2.05, 4.69) is 16.4 Å². The van der Waals surface area contributed by atoms with Crippen LogP contribution in [0.25, 0.3) is 0 Å². The van der Waals surface area contributed by atoms with E-state index in [0.29, 0.717) is 0 Å². The highest BCUT2D eigenvalue weighted by Gasteiger charge is 2.16. The van der Waals surface area contributed by atoms with Gasteiger partial charge in [0.05, 0.1) is 0 Å². The van der Waals surface area contributed by atoms with Crippen molar-refractivity contribution in [2.24, 2.45) is 0 Å². The van der Waals surface area contributed by atoms with Crippen molar-refractivity contribution in [3.8, 4) is 0 Å². The molecule has 1 aromatic rings. The van der Waals surface area contributed by atoms with E-state index >= 15 is 0 Å². The van der Waals surface area contributed by atoms with E-state index in [-0.39, 0.29) is 5.91 Å². The summed E-state index contributed by atoms with van der Waals surface area (Å²) in [5.41, 5.74) is 2.98. The second kappa shape index (κ2) is 2.66. The van der Waals surface area contributed by atoms with Gasteiger partial charge in [0, 0.05) is 12.2 Å². The average molecular weight is 164 g/mol. The van der Waals surface area contributed by atoms with E-state index in [0.717, 1.165) is 36.3 Å². The van der Waals surface area contributed by atoms with Crippen LogP contribution in [0.3, 0.4) is 0 Å². The lowest BCUT2D eigenvalue weighted by atomic mass is 10.1. The van der Waals surface area contributed by atoms with Gasteiger partial charge in [0.15, 0.2) is 0 Å². The molecule has 0 spiro atoms. The molecule has 0 saturated carbocycles. The fourth-order valence-corrected chi connectivity index (χ4v) is 1.62. The van der Waals surface area contributed by atoms with E-state index in [1.165, 1.54) is 0 Å². The molecule has 0 atom stereocenters. The molecule has 12 heavy (non-hydrogen) atoms. The molecule has 1 aromatic heterocycles. The number of fused-ring (bicyclic) bond motifs is 1. The number of hydrogen-bond acceptors (Lipinski definition) is 1. The zero-order valence-corrected chi connectivity index (χ0v) is 7.11. The molecule has 2 rings (SSSR count). The lowest BCUT2D eigenvalue weighted by Gasteiger charge is -1.96. The smallest absolute Gasteiger partial charge is 0.267 e. The summed E-state index contributed by atoms with van der Waals surface area (Å²) >= 11 is 0. The first kappa shape index (κ1) is 7.40. The predicted molar refractivity (Wildman–Crippen MR) is 46.2 cm³/mol. The van der Waals surface area contributed by atoms with E-state index in [4.69, 9.17) is 0 Å². The molecular formula is C9H12N2O. The van der Waals surface area contributed by atoms with Crippen molar-refractivity contribution in [1.29, 1.82) is 0 Å². The van der Waals surface area contributed by atoms with Crippen LogP contribution in [0.4, 0.5) is 0 Å². The van der Waals surface area contributed by atoms with Gasteiger partial charge < -0.3 is 10.3 Å². The van der Waals surface area contributed by atoms with Crippen molar-refractivity contribution >= 4 is 5.91 Å². The van der Waals surface area contributed by atoms with Gasteiger partial charge in [0.25, 0.3) is 5.91 Å². The van der Waals surface area contributed by atoms with E-state index in [1.807, 2.05) is 6.92 Å². The minimum atomic E-state index is 0.0376. The molecule has 0 aromatic carbocycles. The molecule has 0 unspecified atom stereocenters. The van der Waals surface area contributed by atoms with Crippen LogP contribution in [0, 0.1) is 6.92 Å². The predicted octanol–water partition coefficient (Wildman–Crippen LogP) is 0.999. The fourth-order valence-electron chi connectivity index (χ4n) is 1.62. The zero-order chi connectivity index (χ0) is 8.55. The second-order valence-electron chi connectivity index (χ2n) is 3.21. The van der Waals surface area contributed by atoms with Crippen molar-refractivity contribution in [3.05, 3.63) is 23.0 Å². The van der Waals surface area contributed by atoms with Crippen LogP contribution in [-0.4, -0.2) is 17.4 Å². The first-order valence-corrected chi connectivity index (χ1v) is 4.24. The standard InChI is InChI=1S/C9H12N2O/c1-6-5-7-3-2-4-10-9(12)8(7)11-6/h5,11H,2-4H2,1H3,(H,10,12). The Labute approximate surface area is 71.2 Å². The maximum Gasteiger partial charge on any atom is 0.267 e. The van der Waals surface area contributed by atoms with Crippen molar-refractivity contribution in [1.82, 2.24) is 10.3 Å². The van der Waals surface area contributed by atoms with Crippen LogP contribution in [0.5, 0.6) is 0 Å². The molecule has 2 heterocycles. The molecule has 2 N–H and O–H groups in total. The third-order valence-electron chi connectivity index (χ3n) is 2.17. The summed E-state index contributed by atoms with van der Waals surface area (Å²) in [6, 6.07) is 2.06. The van der Waals surface area contributed by atoms with Crippen LogP contribution in [0.15, 0.2) is 6.07 Å². The summed E-state index contributed by atoms with van der Waals surface area (Å²) in [5.74, 6) is 0.0376. The topological polar surface area (TPSA) is 44.9 Å². The summed E-state index contributed by atoms with van der Waals surface area (Å²) in [6.07, 6.45) is 2.04. The van der Waals surface area contributed by atoms with Gasteiger partial charge in [-0.1, -0.05) is 0 Å². The highest BCUT2D eigenvalue weighted by molar-refractivity contribution is 5.94. The monoisotopic (exact) mass is 164 g/mol. The third-order valence-corrected chi connectivity index (χ3v) is 2.17. The number of carbonyl (C=O) groups is 1. The average Bonchev–Trinajstić information content (AvgIpc) is 2.33. The quantitative estimate of drug-likeness (QED) is 0.590. The maximum atomic E-state index is 11.4. The molecular weight excluding hydrogens is 152 g/mol. The third kappa shape index (κ3) is 1.11. The van der Waals surface area contributed by atoms with Gasteiger partial charge in [-0.15, -0.1) is 0 Å². The van der Waals surface area contributed by atoms with Gasteiger partial charge in [0.2, 0.25) is 0 Å². The van der Waals surface area contributed by atoms with Crippen LogP contribution >= 0.6 is 0 Å². The van der Waals surface area contributed by atoms with Crippen LogP contribution in [0.1, 0.15) is 28.2 Å². The Morgan fingerprint density at radius 3 is 3.17 bits per heavy atom. The number of carbonyl (C=O) groups excluding carboxylic acids is 1. The van der Waals surface area contributed by atoms with Gasteiger partial charge in [-0.2, -0.15) is 0 Å². The molecule has 1 aliphatic rings. The minimum absolute atomic E-state index is 0.0376. The first-order chi connectivity index (χ1) is 5.77. The van der Waals surface area contributed by atoms with Gasteiger partial charge in [0.1, 0.15) is 5.69 Å². The lowest BCUT2D eigenvalue weighted by Crippen LogP contribution is -2.23. The molecule has 0 fully saturated rings. The van der Waals surface area contributed by atoms with Gasteiger partial charge >= 0.3 is 0 Å². The van der Waals surface area contributed by atoms with Gasteiger partial charge in [-0.05, 0) is 31.4 Å². The summed E-state index contributed by atoms with van der Waals surface area (Å²) in [5, 5.41) is 2.84. The lowest BCUT2D eigenvalue weighted by molar-refractivity contribution is 0.0951. The Bertz CT molecular complexity index is 314. The van der Waals surface area contributed by atoms with Crippen molar-refractivity contribution in [3.63, 3.8) is 0 Å². The number of aryl methyl sites for hydroxylation is 2. The molecule has 0 saturated heterocycles. The van der Waals surface area contributed by atoms with Crippen LogP contribution in [-0.2, 0) is 6.42 Å². The SMILES string of the molecule is Cc1cc2c([nH]1)C(=O)NCCC2. The Morgan fingerprint density at radius 1 is 1.50 bits per heavy atom. The van der Waals surface area contributed by atoms with Crippen molar-refractivity contribution in [2.75, 3.05) is 6.54 Å². The second-order valence-corrected chi connectivity index (χ2v) is 3.21. The Morgan fingerprint density at radius 2 is 2.33 bits per heavy atom. The van der Waals surface area contributed by atoms with Crippen LogP contribution < -0.4 is 5.32 Å². The highest BCUT2D eigenvalue weighted by Crippen LogP contribution is 2.14. The molecule has 0 radical (unpaired) electrons. The van der Waals surface area contributed by atoms with E-state index < -0.39 is 0 Å². The van der Waals surface area contributed by atoms with E-state index in [1.54, 1.807) is 0 Å². The minimum Gasteiger partial charge on any atom is -0.354 e. The van der Waals surface area contributed by atoms with Crippen LogP contribution in [0.2, 0.25) is 0 Å². The molecule has 64 valence electrons. The number of H-pyrrole nitrogens is 1. The normalized spacial score (nSPS) is 16.6. The van der Waals surface area contributed by atoms with Gasteiger partial charge in [-0.3, -0.25) is 4.79 Å². The molecule has 3 heteroatoms. The number of nitrogens with one attached hydrogen (secondary N) is 2. The largest absolute Gasteiger partial charge is 0.354 e. The molecule has 3 nitrogen and oxygen atoms in total. The summed E-state index contributed by atoms with van der Waals surface area (Å²) in [6.45, 7) is 2.77. The maximum absolute atomic E-state index is 11.4. The number of aromatic nitrogens is 1. The van der Waals surface area contributed by atoms with E-state index in [9.17, 15) is 4.79 Å². The number of rotatable bonds is 0. The number of aromatic amines is 1.